The number of rotatable bonds is 4. The molecular formula is C18H23N3O4. The minimum Gasteiger partial charge on any atom is -0.421 e. The monoisotopic (exact) mass is 345 g/mol. The first-order valence-electron chi connectivity index (χ1n) is 8.25. The van der Waals surface area contributed by atoms with E-state index in [1.165, 1.54) is 0 Å². The Labute approximate surface area is 146 Å². The van der Waals surface area contributed by atoms with Crippen LogP contribution in [-0.4, -0.2) is 59.5 Å². The van der Waals surface area contributed by atoms with Gasteiger partial charge in [-0.25, -0.2) is 0 Å². The van der Waals surface area contributed by atoms with Crippen LogP contribution in [0.5, 0.6) is 0 Å². The minimum atomic E-state index is -0.437. The van der Waals surface area contributed by atoms with Crippen LogP contribution < -0.4 is 0 Å². The van der Waals surface area contributed by atoms with Crippen LogP contribution in [0.1, 0.15) is 30.1 Å². The Morgan fingerprint density at radius 3 is 2.80 bits per heavy atom. The zero-order valence-corrected chi connectivity index (χ0v) is 15.0. The third kappa shape index (κ3) is 3.88. The van der Waals surface area contributed by atoms with Gasteiger partial charge in [-0.2, -0.15) is 0 Å². The highest BCUT2D eigenvalue weighted by atomic mass is 16.5. The molecule has 1 fully saturated rings. The summed E-state index contributed by atoms with van der Waals surface area (Å²) in [6.45, 7) is 7.10. The highest BCUT2D eigenvalue weighted by Crippen LogP contribution is 2.27. The molecule has 0 spiro atoms. The van der Waals surface area contributed by atoms with Crippen molar-refractivity contribution in [2.75, 3.05) is 26.8 Å². The number of aromatic nitrogens is 2. The molecule has 1 aromatic heterocycles. The fraction of sp³-hybridized carbons (Fsp3) is 0.500. The van der Waals surface area contributed by atoms with E-state index in [1.807, 2.05) is 32.0 Å². The first kappa shape index (κ1) is 17.6. The van der Waals surface area contributed by atoms with Crippen molar-refractivity contribution in [1.29, 1.82) is 0 Å². The third-order valence-electron chi connectivity index (χ3n) is 4.04. The van der Waals surface area contributed by atoms with Gasteiger partial charge in [0.2, 0.25) is 11.8 Å². The van der Waals surface area contributed by atoms with Crippen molar-refractivity contribution < 1.29 is 18.7 Å². The molecule has 0 unspecified atom stereocenters. The molecule has 2 heterocycles. The number of amides is 1. The molecule has 3 rings (SSSR count). The Morgan fingerprint density at radius 2 is 2.12 bits per heavy atom. The van der Waals surface area contributed by atoms with Gasteiger partial charge in [0.1, 0.15) is 0 Å². The molecule has 1 amide bonds. The summed E-state index contributed by atoms with van der Waals surface area (Å²) in [5.41, 5.74) is 0.744. The van der Waals surface area contributed by atoms with Crippen molar-refractivity contribution in [3.8, 4) is 11.5 Å². The molecule has 0 radical (unpaired) electrons. The number of carbonyl (C=O) groups excluding carboxylic acids is 1. The molecule has 1 aromatic carbocycles. The maximum atomic E-state index is 13.2. The van der Waals surface area contributed by atoms with Crippen LogP contribution in [0.3, 0.4) is 0 Å². The topological polar surface area (TPSA) is 77.7 Å². The van der Waals surface area contributed by atoms with Gasteiger partial charge in [0.15, 0.2) is 0 Å². The molecule has 7 nitrogen and oxygen atoms in total. The number of benzene rings is 1. The van der Waals surface area contributed by atoms with Gasteiger partial charge in [-0.1, -0.05) is 12.1 Å². The van der Waals surface area contributed by atoms with Gasteiger partial charge in [-0.15, -0.1) is 10.2 Å². The van der Waals surface area contributed by atoms with Crippen molar-refractivity contribution in [3.05, 3.63) is 35.7 Å². The van der Waals surface area contributed by atoms with Crippen molar-refractivity contribution >= 4 is 5.91 Å². The lowest BCUT2D eigenvalue weighted by molar-refractivity contribution is -0.143. The summed E-state index contributed by atoms with van der Waals surface area (Å²) < 4.78 is 16.7. The molecule has 1 aliphatic heterocycles. The standard InChI is InChI=1S/C18H23N3O4/c1-12-19-20-16(24-12)14-7-5-6-8-15(14)17(22)21-9-13(10-23-4)25-18(2,3)11-21/h5-8,13H,9-11H2,1-4H3/t13-/m1/s1. The number of hydrogen-bond acceptors (Lipinski definition) is 6. The highest BCUT2D eigenvalue weighted by Gasteiger charge is 2.36. The second-order valence-electron chi connectivity index (χ2n) is 6.81. The Balaban J connectivity index is 1.90. The summed E-state index contributed by atoms with van der Waals surface area (Å²) in [6.07, 6.45) is -0.157. The average Bonchev–Trinajstić information content (AvgIpc) is 2.99. The van der Waals surface area contributed by atoms with Gasteiger partial charge < -0.3 is 18.8 Å². The van der Waals surface area contributed by atoms with Crippen LogP contribution in [-0.2, 0) is 9.47 Å². The number of morpholine rings is 1. The molecule has 0 bridgehead atoms. The number of ether oxygens (including phenoxy) is 2. The lowest BCUT2D eigenvalue weighted by Gasteiger charge is -2.42. The fourth-order valence-corrected chi connectivity index (χ4v) is 3.15. The summed E-state index contributed by atoms with van der Waals surface area (Å²) in [7, 11) is 1.63. The smallest absolute Gasteiger partial charge is 0.254 e. The molecule has 0 N–H and O–H groups in total. The molecule has 25 heavy (non-hydrogen) atoms. The van der Waals surface area contributed by atoms with Crippen molar-refractivity contribution in [1.82, 2.24) is 15.1 Å². The van der Waals surface area contributed by atoms with Gasteiger partial charge in [0, 0.05) is 27.1 Å². The van der Waals surface area contributed by atoms with Crippen molar-refractivity contribution in [3.63, 3.8) is 0 Å². The van der Waals surface area contributed by atoms with Crippen LogP contribution in [0.4, 0.5) is 0 Å². The van der Waals surface area contributed by atoms with Crippen molar-refractivity contribution in [2.45, 2.75) is 32.5 Å². The zero-order valence-electron chi connectivity index (χ0n) is 15.0. The Morgan fingerprint density at radius 1 is 1.36 bits per heavy atom. The van der Waals surface area contributed by atoms with Crippen LogP contribution in [0.2, 0.25) is 0 Å². The van der Waals surface area contributed by atoms with Gasteiger partial charge in [-0.3, -0.25) is 4.79 Å². The van der Waals surface area contributed by atoms with E-state index in [-0.39, 0.29) is 12.0 Å². The fourth-order valence-electron chi connectivity index (χ4n) is 3.15. The summed E-state index contributed by atoms with van der Waals surface area (Å²) in [5, 5.41) is 7.90. The maximum absolute atomic E-state index is 13.2. The largest absolute Gasteiger partial charge is 0.421 e. The first-order chi connectivity index (χ1) is 11.9. The Kier molecular flexibility index (Phi) is 4.87. The van der Waals surface area contributed by atoms with E-state index in [9.17, 15) is 4.79 Å². The number of aryl methyl sites for hydroxylation is 1. The van der Waals surface area contributed by atoms with Crippen LogP contribution in [0.15, 0.2) is 28.7 Å². The molecule has 134 valence electrons. The quantitative estimate of drug-likeness (QED) is 0.846. The molecule has 2 aromatic rings. The highest BCUT2D eigenvalue weighted by molar-refractivity contribution is 6.00. The number of nitrogens with zero attached hydrogens (tertiary/aromatic N) is 3. The molecular weight excluding hydrogens is 322 g/mol. The van der Waals surface area contributed by atoms with Gasteiger partial charge >= 0.3 is 0 Å². The lowest BCUT2D eigenvalue weighted by atomic mass is 10.0. The normalized spacial score (nSPS) is 19.8. The zero-order chi connectivity index (χ0) is 18.0. The van der Waals surface area contributed by atoms with Gasteiger partial charge in [-0.05, 0) is 26.0 Å². The van der Waals surface area contributed by atoms with E-state index >= 15 is 0 Å². The second kappa shape index (κ2) is 6.93. The maximum Gasteiger partial charge on any atom is 0.254 e. The van der Waals surface area contributed by atoms with E-state index in [4.69, 9.17) is 13.9 Å². The predicted molar refractivity (Wildman–Crippen MR) is 91.2 cm³/mol. The van der Waals surface area contributed by atoms with E-state index in [2.05, 4.69) is 10.2 Å². The summed E-state index contributed by atoms with van der Waals surface area (Å²) in [6, 6.07) is 7.28. The van der Waals surface area contributed by atoms with Crippen LogP contribution in [0, 0.1) is 6.92 Å². The molecule has 1 saturated heterocycles. The van der Waals surface area contributed by atoms with E-state index < -0.39 is 5.60 Å². The molecule has 0 saturated carbocycles. The number of hydrogen-bond donors (Lipinski definition) is 0. The predicted octanol–water partition coefficient (Wildman–Crippen LogP) is 2.31. The van der Waals surface area contributed by atoms with E-state index in [1.54, 1.807) is 25.0 Å². The molecule has 0 aliphatic carbocycles. The minimum absolute atomic E-state index is 0.0797. The van der Waals surface area contributed by atoms with Gasteiger partial charge in [0.25, 0.3) is 5.91 Å². The SMILES string of the molecule is COC[C@H]1CN(C(=O)c2ccccc2-c2nnc(C)o2)CC(C)(C)O1. The molecule has 1 aliphatic rings. The summed E-state index contributed by atoms with van der Waals surface area (Å²) >= 11 is 0. The lowest BCUT2D eigenvalue weighted by Crippen LogP contribution is -2.55. The van der Waals surface area contributed by atoms with Crippen LogP contribution >= 0.6 is 0 Å². The summed E-state index contributed by atoms with van der Waals surface area (Å²) in [4.78, 5) is 15.0. The third-order valence-corrected chi connectivity index (χ3v) is 4.04. The molecule has 7 heteroatoms. The summed E-state index contributed by atoms with van der Waals surface area (Å²) in [5.74, 6) is 0.733. The average molecular weight is 345 g/mol. The van der Waals surface area contributed by atoms with Crippen molar-refractivity contribution in [2.24, 2.45) is 0 Å². The second-order valence-corrected chi connectivity index (χ2v) is 6.81. The Bertz CT molecular complexity index is 756. The molecule has 1 atom stereocenters. The van der Waals surface area contributed by atoms with Crippen LogP contribution in [0.25, 0.3) is 11.5 Å². The first-order valence-corrected chi connectivity index (χ1v) is 8.25. The number of carbonyl (C=O) groups is 1. The van der Waals surface area contributed by atoms with Gasteiger partial charge in [0.05, 0.1) is 29.4 Å². The van der Waals surface area contributed by atoms with E-state index in [0.717, 1.165) is 0 Å². The van der Waals surface area contributed by atoms with E-state index in [0.29, 0.717) is 42.6 Å². The number of methoxy groups -OCH3 is 1. The Hall–Kier alpha value is -2.25.